The van der Waals surface area contributed by atoms with Crippen LogP contribution >= 0.6 is 0 Å². The van der Waals surface area contributed by atoms with Gasteiger partial charge in [-0.25, -0.2) is 4.98 Å². The summed E-state index contributed by atoms with van der Waals surface area (Å²) in [5.41, 5.74) is 7.06. The summed E-state index contributed by atoms with van der Waals surface area (Å²) < 4.78 is 61.8. The summed E-state index contributed by atoms with van der Waals surface area (Å²) >= 11 is 0. The van der Waals surface area contributed by atoms with Crippen LogP contribution in [0.2, 0.25) is 0 Å². The highest BCUT2D eigenvalue weighted by molar-refractivity contribution is 6.00. The summed E-state index contributed by atoms with van der Waals surface area (Å²) in [5.74, 6) is -0.659. The number of benzene rings is 2. The number of halogens is 4. The molecule has 11 heteroatoms. The molecule has 0 unspecified atom stereocenters. The number of hydrogen-bond acceptors (Lipinski definition) is 5. The number of H-pyrrole nitrogens is 1. The van der Waals surface area contributed by atoms with Gasteiger partial charge in [0.1, 0.15) is 6.61 Å². The molecule has 0 aliphatic heterocycles. The number of allylic oxidation sites excluding steroid dienone is 1. The van der Waals surface area contributed by atoms with Crippen LogP contribution < -0.4 is 10.5 Å². The lowest BCUT2D eigenvalue weighted by Crippen LogP contribution is -2.25. The maximum Gasteiger partial charge on any atom is 0.393 e. The van der Waals surface area contributed by atoms with Crippen LogP contribution in [-0.2, 0) is 4.79 Å². The Morgan fingerprint density at radius 3 is 2.44 bits per heavy atom. The van der Waals surface area contributed by atoms with E-state index in [1.165, 1.54) is 12.3 Å². The smallest absolute Gasteiger partial charge is 0.393 e. The molecule has 0 aliphatic rings. The maximum atomic E-state index is 14.4. The lowest BCUT2D eigenvalue weighted by molar-refractivity contribution is -0.123. The third-order valence-electron chi connectivity index (χ3n) is 6.56. The van der Waals surface area contributed by atoms with Crippen LogP contribution in [0.1, 0.15) is 42.4 Å². The van der Waals surface area contributed by atoms with E-state index in [0.717, 1.165) is 19.4 Å². The van der Waals surface area contributed by atoms with E-state index >= 15 is 0 Å². The highest BCUT2D eigenvalue weighted by atomic mass is 19.4. The van der Waals surface area contributed by atoms with E-state index in [1.54, 1.807) is 54.6 Å². The monoisotopic (exact) mass is 569 g/mol. The molecule has 0 spiro atoms. The molecule has 0 atom stereocenters. The number of likely N-dealkylation sites (N-methyl/N-ethyl adjacent to an activating group) is 1. The van der Waals surface area contributed by atoms with Crippen LogP contribution in [-0.4, -0.2) is 58.9 Å². The number of nitrogens with one attached hydrogen (secondary N) is 1. The first-order valence-electron chi connectivity index (χ1n) is 13.2. The van der Waals surface area contributed by atoms with Crippen LogP contribution in [0.25, 0.3) is 22.0 Å². The van der Waals surface area contributed by atoms with Gasteiger partial charge in [-0.1, -0.05) is 36.4 Å². The number of hydrogen-bond donors (Lipinski definition) is 2. The van der Waals surface area contributed by atoms with Gasteiger partial charge in [-0.2, -0.15) is 22.7 Å². The number of rotatable bonds is 13. The lowest BCUT2D eigenvalue weighted by atomic mass is 9.88. The van der Waals surface area contributed by atoms with E-state index in [0.29, 0.717) is 47.7 Å². The largest absolute Gasteiger partial charge is 0.476 e. The number of pyridine rings is 1. The Balaban J connectivity index is 1.62. The van der Waals surface area contributed by atoms with Crippen molar-refractivity contribution in [3.8, 4) is 5.88 Å². The number of nitrogens with two attached hydrogens (primary N) is 1. The highest BCUT2D eigenvalue weighted by Crippen LogP contribution is 2.40. The summed E-state index contributed by atoms with van der Waals surface area (Å²) in [4.78, 5) is 17.3. The second kappa shape index (κ2) is 13.4. The average Bonchev–Trinajstić information content (AvgIpc) is 3.31. The van der Waals surface area contributed by atoms with Crippen LogP contribution in [0.3, 0.4) is 0 Å². The molecule has 4 aromatic rings. The number of unbranched alkanes of at least 4 members (excludes halogenated alkanes) is 1. The predicted molar refractivity (Wildman–Crippen MR) is 149 cm³/mol. The van der Waals surface area contributed by atoms with Crippen molar-refractivity contribution >= 4 is 28.0 Å². The Kier molecular flexibility index (Phi) is 9.72. The van der Waals surface area contributed by atoms with Gasteiger partial charge in [-0.15, -0.1) is 0 Å². The number of nitrogens with zero attached hydrogens (tertiary/aromatic N) is 3. The van der Waals surface area contributed by atoms with Gasteiger partial charge in [0.15, 0.2) is 0 Å². The summed E-state index contributed by atoms with van der Waals surface area (Å²) in [6.45, 7) is 1.74. The van der Waals surface area contributed by atoms with Crippen LogP contribution in [0, 0.1) is 5.95 Å². The molecule has 2 aromatic carbocycles. The van der Waals surface area contributed by atoms with E-state index in [-0.39, 0.29) is 22.4 Å². The zero-order valence-corrected chi connectivity index (χ0v) is 22.5. The highest BCUT2D eigenvalue weighted by Gasteiger charge is 2.31. The first-order chi connectivity index (χ1) is 19.6. The third-order valence-corrected chi connectivity index (χ3v) is 6.56. The van der Waals surface area contributed by atoms with Crippen molar-refractivity contribution in [2.75, 3.05) is 26.7 Å². The fraction of sp³-hybridized carbons (Fsp3) is 0.300. The van der Waals surface area contributed by atoms with Crippen molar-refractivity contribution < 1.29 is 27.1 Å². The van der Waals surface area contributed by atoms with Crippen molar-refractivity contribution in [2.24, 2.45) is 5.73 Å². The quantitative estimate of drug-likeness (QED) is 0.117. The number of carbonyl (C=O) groups excluding carboxylic acids is 1. The number of fused-ring (bicyclic) bond motifs is 1. The number of alkyl halides is 3. The number of ether oxygens (including phenoxy) is 1. The molecule has 0 radical (unpaired) electrons. The molecule has 0 saturated carbocycles. The second-order valence-corrected chi connectivity index (χ2v) is 9.74. The van der Waals surface area contributed by atoms with Crippen molar-refractivity contribution in [1.82, 2.24) is 20.1 Å². The van der Waals surface area contributed by atoms with E-state index < -0.39 is 18.5 Å². The van der Waals surface area contributed by atoms with Crippen molar-refractivity contribution in [2.45, 2.75) is 31.9 Å². The summed E-state index contributed by atoms with van der Waals surface area (Å²) in [6.07, 6.45) is -2.31. The van der Waals surface area contributed by atoms with Gasteiger partial charge in [0.25, 0.3) is 0 Å². The molecule has 0 bridgehead atoms. The normalized spacial score (nSPS) is 12.5. The first-order valence-corrected chi connectivity index (χ1v) is 13.2. The minimum atomic E-state index is -4.50. The van der Waals surface area contributed by atoms with Gasteiger partial charge >= 0.3 is 6.18 Å². The Morgan fingerprint density at radius 2 is 1.76 bits per heavy atom. The predicted octanol–water partition coefficient (Wildman–Crippen LogP) is 5.97. The van der Waals surface area contributed by atoms with Gasteiger partial charge < -0.3 is 15.4 Å². The van der Waals surface area contributed by atoms with Gasteiger partial charge in [-0.05, 0) is 66.9 Å². The molecule has 0 saturated heterocycles. The molecule has 4 rings (SSSR count). The Bertz CT molecular complexity index is 1480. The van der Waals surface area contributed by atoms with Crippen LogP contribution in [0.4, 0.5) is 17.6 Å². The molecule has 41 heavy (non-hydrogen) atoms. The summed E-state index contributed by atoms with van der Waals surface area (Å²) in [7, 11) is 1.94. The van der Waals surface area contributed by atoms with Crippen LogP contribution in [0.15, 0.2) is 66.9 Å². The summed E-state index contributed by atoms with van der Waals surface area (Å²) in [6, 6.07) is 16.3. The van der Waals surface area contributed by atoms with E-state index in [2.05, 4.69) is 20.1 Å². The molecule has 2 heterocycles. The summed E-state index contributed by atoms with van der Waals surface area (Å²) in [5, 5.41) is 6.33. The SMILES string of the molecule is CN(CCCCC(N)=O)CCOc1ccc(/C(=C(/CC(F)(F)F)c2ccccc2)c2ccc3n[nH]c(F)c3c2)cn1. The number of aromatic nitrogens is 3. The minimum absolute atomic E-state index is 0.0368. The van der Waals surface area contributed by atoms with E-state index in [9.17, 15) is 22.4 Å². The second-order valence-electron chi connectivity index (χ2n) is 9.74. The maximum absolute atomic E-state index is 14.4. The topological polar surface area (TPSA) is 97.1 Å². The minimum Gasteiger partial charge on any atom is -0.476 e. The fourth-order valence-electron chi connectivity index (χ4n) is 4.54. The molecule has 216 valence electrons. The molecule has 7 nitrogen and oxygen atoms in total. The number of aromatic amines is 1. The Morgan fingerprint density at radius 1 is 1.00 bits per heavy atom. The number of carbonyl (C=O) groups is 1. The van der Waals surface area contributed by atoms with Crippen molar-refractivity contribution in [3.63, 3.8) is 0 Å². The van der Waals surface area contributed by atoms with E-state index in [1.807, 2.05) is 7.05 Å². The number of amides is 1. The molecule has 2 aromatic heterocycles. The number of primary amides is 1. The molecular formula is C30H31F4N5O2. The first kappa shape index (κ1) is 29.7. The zero-order valence-electron chi connectivity index (χ0n) is 22.5. The third kappa shape index (κ3) is 8.37. The molecular weight excluding hydrogens is 538 g/mol. The average molecular weight is 570 g/mol. The molecule has 0 fully saturated rings. The van der Waals surface area contributed by atoms with Gasteiger partial charge in [-0.3, -0.25) is 9.89 Å². The Labute approximate surface area is 235 Å². The zero-order chi connectivity index (χ0) is 29.4. The molecule has 1 amide bonds. The van der Waals surface area contributed by atoms with Gasteiger partial charge in [0.05, 0.1) is 17.3 Å². The van der Waals surface area contributed by atoms with Crippen LogP contribution in [0.5, 0.6) is 5.88 Å². The standard InChI is InChI=1S/C30H31F4N5O2/c1-39(14-6-5-9-26(35)40)15-16-41-27-13-11-22(19-36-27)28(21-10-12-25-23(17-21)29(31)38-37-25)24(18-30(32,33)34)20-7-3-2-4-8-20/h2-4,7-8,10-13,17,19H,5-6,9,14-16,18H2,1H3,(H2,35,40)(H,37,38)/b28-24-. The van der Waals surface area contributed by atoms with Gasteiger partial charge in [0.2, 0.25) is 17.7 Å². The van der Waals surface area contributed by atoms with Crippen molar-refractivity contribution in [1.29, 1.82) is 0 Å². The Hall–Kier alpha value is -4.25. The lowest BCUT2D eigenvalue weighted by Gasteiger charge is -2.19. The van der Waals surface area contributed by atoms with E-state index in [4.69, 9.17) is 10.5 Å². The molecule has 0 aliphatic carbocycles. The van der Waals surface area contributed by atoms with Crippen molar-refractivity contribution in [3.05, 3.63) is 89.5 Å². The fourth-order valence-corrected chi connectivity index (χ4v) is 4.54. The molecule has 3 N–H and O–H groups in total. The van der Waals surface area contributed by atoms with Gasteiger partial charge in [0, 0.05) is 30.8 Å².